The quantitative estimate of drug-likeness (QED) is 0.813. The van der Waals surface area contributed by atoms with Crippen molar-refractivity contribution in [2.24, 2.45) is 5.92 Å². The molecule has 0 N–H and O–H groups in total. The van der Waals surface area contributed by atoms with Crippen LogP contribution >= 0.6 is 11.6 Å². The van der Waals surface area contributed by atoms with Crippen LogP contribution in [0, 0.1) is 5.92 Å². The van der Waals surface area contributed by atoms with E-state index in [4.69, 9.17) is 16.3 Å². The van der Waals surface area contributed by atoms with E-state index in [2.05, 4.69) is 4.98 Å². The van der Waals surface area contributed by atoms with Gasteiger partial charge >= 0.3 is 6.18 Å². The molecule has 2 rings (SSSR count). The summed E-state index contributed by atoms with van der Waals surface area (Å²) in [6, 6.07) is 1.68. The molecule has 1 aromatic rings. The van der Waals surface area contributed by atoms with Gasteiger partial charge in [-0.25, -0.2) is 0 Å². The number of amides is 1. The molecule has 0 atom stereocenters. The maximum Gasteiger partial charge on any atom is 0.389 e. The summed E-state index contributed by atoms with van der Waals surface area (Å²) in [4.78, 5) is 17.1. The molecule has 1 fully saturated rings. The summed E-state index contributed by atoms with van der Waals surface area (Å²) in [7, 11) is 0. The third-order valence-corrected chi connectivity index (χ3v) is 4.08. The maximum absolute atomic E-state index is 12.1. The second-order valence-electron chi connectivity index (χ2n) is 5.56. The Kier molecular flexibility index (Phi) is 6.10. The molecule has 1 amide bonds. The van der Waals surface area contributed by atoms with Gasteiger partial charge in [0, 0.05) is 38.0 Å². The third-order valence-electron chi connectivity index (χ3n) is 3.80. The van der Waals surface area contributed by atoms with E-state index in [1.54, 1.807) is 12.3 Å². The number of alkyl halides is 3. The standard InChI is InChI=1S/C15H18ClF3N2O2/c16-12-9-20-6-2-13(12)23-10-11-3-7-21(8-4-11)14(22)1-5-15(17,18)19/h2,6,9,11H,1,3-5,7-8,10H2. The molecule has 4 nitrogen and oxygen atoms in total. The Labute approximate surface area is 137 Å². The highest BCUT2D eigenvalue weighted by molar-refractivity contribution is 6.31. The Hall–Kier alpha value is -1.50. The van der Waals surface area contributed by atoms with Crippen LogP contribution in [0.4, 0.5) is 13.2 Å². The SMILES string of the molecule is O=C(CCC(F)(F)F)N1CCC(COc2ccncc2Cl)CC1. The number of pyridine rings is 1. The van der Waals surface area contributed by atoms with Gasteiger partial charge in [-0.1, -0.05) is 11.6 Å². The lowest BCUT2D eigenvalue weighted by molar-refractivity contribution is -0.149. The molecular formula is C15H18ClF3N2O2. The van der Waals surface area contributed by atoms with Gasteiger partial charge < -0.3 is 9.64 Å². The molecule has 23 heavy (non-hydrogen) atoms. The molecule has 0 bridgehead atoms. The number of carbonyl (C=O) groups excluding carboxylic acids is 1. The molecule has 0 radical (unpaired) electrons. The zero-order valence-electron chi connectivity index (χ0n) is 12.5. The lowest BCUT2D eigenvalue weighted by atomic mass is 9.97. The van der Waals surface area contributed by atoms with E-state index in [1.807, 2.05) is 0 Å². The molecule has 0 aliphatic carbocycles. The summed E-state index contributed by atoms with van der Waals surface area (Å²) < 4.78 is 42.1. The molecular weight excluding hydrogens is 333 g/mol. The van der Waals surface area contributed by atoms with Gasteiger partial charge in [-0.15, -0.1) is 0 Å². The van der Waals surface area contributed by atoms with Crippen molar-refractivity contribution in [3.05, 3.63) is 23.5 Å². The van der Waals surface area contributed by atoms with E-state index in [1.165, 1.54) is 11.1 Å². The minimum absolute atomic E-state index is 0.255. The number of ether oxygens (including phenoxy) is 1. The van der Waals surface area contributed by atoms with Crippen molar-refractivity contribution in [3.63, 3.8) is 0 Å². The Morgan fingerprint density at radius 1 is 1.39 bits per heavy atom. The molecule has 0 saturated carbocycles. The average Bonchev–Trinajstić information content (AvgIpc) is 2.52. The first-order valence-corrected chi connectivity index (χ1v) is 7.80. The second-order valence-corrected chi connectivity index (χ2v) is 5.96. The summed E-state index contributed by atoms with van der Waals surface area (Å²) in [5.74, 6) is 0.384. The van der Waals surface area contributed by atoms with E-state index in [0.29, 0.717) is 43.3 Å². The number of piperidine rings is 1. The topological polar surface area (TPSA) is 42.4 Å². The zero-order valence-corrected chi connectivity index (χ0v) is 13.2. The van der Waals surface area contributed by atoms with E-state index in [9.17, 15) is 18.0 Å². The van der Waals surface area contributed by atoms with E-state index in [0.717, 1.165) is 0 Å². The first-order valence-electron chi connectivity index (χ1n) is 7.42. The number of hydrogen-bond acceptors (Lipinski definition) is 3. The highest BCUT2D eigenvalue weighted by Crippen LogP contribution is 2.26. The van der Waals surface area contributed by atoms with E-state index in [-0.39, 0.29) is 5.92 Å². The lowest BCUT2D eigenvalue weighted by Gasteiger charge is -2.32. The number of carbonyl (C=O) groups is 1. The fourth-order valence-electron chi connectivity index (χ4n) is 2.44. The predicted molar refractivity (Wildman–Crippen MR) is 79.3 cm³/mol. The smallest absolute Gasteiger partial charge is 0.389 e. The highest BCUT2D eigenvalue weighted by Gasteiger charge is 2.30. The molecule has 1 aliphatic heterocycles. The van der Waals surface area contributed by atoms with Crippen LogP contribution in [0.5, 0.6) is 5.75 Å². The summed E-state index contributed by atoms with van der Waals surface area (Å²) in [5.41, 5.74) is 0. The average molecular weight is 351 g/mol. The van der Waals surface area contributed by atoms with Crippen molar-refractivity contribution < 1.29 is 22.7 Å². The van der Waals surface area contributed by atoms with E-state index < -0.39 is 24.9 Å². The number of hydrogen-bond donors (Lipinski definition) is 0. The largest absolute Gasteiger partial charge is 0.492 e. The van der Waals surface area contributed by atoms with Gasteiger partial charge in [-0.05, 0) is 18.8 Å². The molecule has 8 heteroatoms. The normalized spacial score (nSPS) is 16.4. The first kappa shape index (κ1) is 17.8. The van der Waals surface area contributed by atoms with Crippen molar-refractivity contribution in [1.29, 1.82) is 0 Å². The number of halogens is 4. The van der Waals surface area contributed by atoms with Crippen LogP contribution in [0.2, 0.25) is 5.02 Å². The number of likely N-dealkylation sites (tertiary alicyclic amines) is 1. The van der Waals surface area contributed by atoms with E-state index >= 15 is 0 Å². The number of aromatic nitrogens is 1. The fraction of sp³-hybridized carbons (Fsp3) is 0.600. The van der Waals surface area contributed by atoms with Crippen LogP contribution in [-0.4, -0.2) is 41.7 Å². The molecule has 0 aromatic carbocycles. The Bertz CT molecular complexity index is 532. The van der Waals surface area contributed by atoms with Crippen molar-refractivity contribution in [3.8, 4) is 5.75 Å². The Morgan fingerprint density at radius 3 is 2.70 bits per heavy atom. The fourth-order valence-corrected chi connectivity index (χ4v) is 2.62. The minimum atomic E-state index is -4.29. The highest BCUT2D eigenvalue weighted by atomic mass is 35.5. The lowest BCUT2D eigenvalue weighted by Crippen LogP contribution is -2.40. The van der Waals surface area contributed by atoms with Gasteiger partial charge in [0.05, 0.1) is 13.0 Å². The molecule has 1 aliphatic rings. The summed E-state index contributed by atoms with van der Waals surface area (Å²) in [6.45, 7) is 1.40. The molecule has 0 unspecified atom stereocenters. The van der Waals surface area contributed by atoms with Crippen molar-refractivity contribution >= 4 is 17.5 Å². The van der Waals surface area contributed by atoms with Gasteiger partial charge in [0.15, 0.2) is 0 Å². The van der Waals surface area contributed by atoms with Gasteiger partial charge in [0.2, 0.25) is 5.91 Å². The Balaban J connectivity index is 1.71. The maximum atomic E-state index is 12.1. The van der Waals surface area contributed by atoms with Crippen LogP contribution in [-0.2, 0) is 4.79 Å². The van der Waals surface area contributed by atoms with Gasteiger partial charge in [0.25, 0.3) is 0 Å². The summed E-state index contributed by atoms with van der Waals surface area (Å²) in [5, 5.41) is 0.437. The molecule has 128 valence electrons. The minimum Gasteiger partial charge on any atom is -0.492 e. The van der Waals surface area contributed by atoms with Crippen LogP contribution in [0.1, 0.15) is 25.7 Å². The monoisotopic (exact) mass is 350 g/mol. The van der Waals surface area contributed by atoms with Crippen LogP contribution in [0.3, 0.4) is 0 Å². The van der Waals surface area contributed by atoms with Crippen LogP contribution < -0.4 is 4.74 Å². The van der Waals surface area contributed by atoms with Gasteiger partial charge in [-0.3, -0.25) is 9.78 Å². The summed E-state index contributed by atoms with van der Waals surface area (Å²) >= 11 is 5.95. The number of nitrogens with zero attached hydrogens (tertiary/aromatic N) is 2. The molecule has 1 saturated heterocycles. The first-order chi connectivity index (χ1) is 10.8. The number of rotatable bonds is 5. The zero-order chi connectivity index (χ0) is 16.9. The van der Waals surface area contributed by atoms with Gasteiger partial charge in [0.1, 0.15) is 10.8 Å². The van der Waals surface area contributed by atoms with Crippen molar-refractivity contribution in [2.45, 2.75) is 31.9 Å². The molecule has 0 spiro atoms. The Morgan fingerprint density at radius 2 is 2.09 bits per heavy atom. The van der Waals surface area contributed by atoms with Crippen molar-refractivity contribution in [2.75, 3.05) is 19.7 Å². The molecule has 2 heterocycles. The summed E-state index contributed by atoms with van der Waals surface area (Å²) in [6.07, 6.45) is -1.32. The van der Waals surface area contributed by atoms with Crippen molar-refractivity contribution in [1.82, 2.24) is 9.88 Å². The second kappa shape index (κ2) is 7.86. The third kappa shape index (κ3) is 5.89. The van der Waals surface area contributed by atoms with Gasteiger partial charge in [-0.2, -0.15) is 13.2 Å². The predicted octanol–water partition coefficient (Wildman–Crippen LogP) is 3.69. The van der Waals surface area contributed by atoms with Crippen LogP contribution in [0.15, 0.2) is 18.5 Å². The van der Waals surface area contributed by atoms with Crippen LogP contribution in [0.25, 0.3) is 0 Å². The molecule has 1 aromatic heterocycles.